The van der Waals surface area contributed by atoms with Gasteiger partial charge in [0.1, 0.15) is 5.75 Å². The quantitative estimate of drug-likeness (QED) is 0.776. The topological polar surface area (TPSA) is 53.1 Å². The van der Waals surface area contributed by atoms with Crippen molar-refractivity contribution in [1.82, 2.24) is 9.55 Å². The third kappa shape index (κ3) is 3.69. The molecular weight excluding hydrogens is 262 g/mol. The molecule has 0 aliphatic heterocycles. The Morgan fingerprint density at radius 1 is 1.29 bits per heavy atom. The van der Waals surface area contributed by atoms with E-state index in [9.17, 15) is 0 Å². The maximum absolute atomic E-state index is 6.12. The Morgan fingerprint density at radius 2 is 2.05 bits per heavy atom. The van der Waals surface area contributed by atoms with Crippen LogP contribution in [0.3, 0.4) is 0 Å². The molecule has 1 aromatic carbocycles. The zero-order chi connectivity index (χ0) is 15.5. The maximum atomic E-state index is 6.12. The molecule has 0 aliphatic carbocycles. The van der Waals surface area contributed by atoms with Crippen molar-refractivity contribution in [2.75, 3.05) is 12.8 Å². The van der Waals surface area contributed by atoms with E-state index in [0.717, 1.165) is 23.3 Å². The highest BCUT2D eigenvalue weighted by atomic mass is 16.5. The van der Waals surface area contributed by atoms with Gasteiger partial charge < -0.3 is 15.0 Å². The first-order chi connectivity index (χ1) is 9.96. The lowest BCUT2D eigenvalue weighted by Crippen LogP contribution is -2.20. The number of benzene rings is 1. The van der Waals surface area contributed by atoms with E-state index in [1.165, 1.54) is 25.7 Å². The van der Waals surface area contributed by atoms with Crippen molar-refractivity contribution in [3.8, 4) is 5.75 Å². The van der Waals surface area contributed by atoms with Crippen molar-refractivity contribution in [2.45, 2.75) is 53.0 Å². The van der Waals surface area contributed by atoms with Crippen molar-refractivity contribution in [3.63, 3.8) is 0 Å². The highest BCUT2D eigenvalue weighted by molar-refractivity contribution is 5.79. The number of rotatable bonds is 7. The lowest BCUT2D eigenvalue weighted by molar-refractivity contribution is 0.276. The standard InChI is InChI=1S/C17H27N3O/c1-5-6-7-10-17(2,3)12-20-15-11-13(21-4)8-9-14(15)19-16(20)18/h8-9,11H,5-7,10,12H2,1-4H3,(H2,18,19). The molecule has 0 fully saturated rings. The van der Waals surface area contributed by atoms with Crippen LogP contribution in [0.1, 0.15) is 46.5 Å². The third-order valence-corrected chi connectivity index (χ3v) is 4.03. The van der Waals surface area contributed by atoms with Gasteiger partial charge >= 0.3 is 0 Å². The summed E-state index contributed by atoms with van der Waals surface area (Å²) in [5.74, 6) is 1.43. The second kappa shape index (κ2) is 6.37. The van der Waals surface area contributed by atoms with Crippen LogP contribution in [0.15, 0.2) is 18.2 Å². The molecule has 0 unspecified atom stereocenters. The number of nitrogens with zero attached hydrogens (tertiary/aromatic N) is 2. The third-order valence-electron chi connectivity index (χ3n) is 4.03. The van der Waals surface area contributed by atoms with Gasteiger partial charge in [-0.1, -0.05) is 40.0 Å². The molecule has 21 heavy (non-hydrogen) atoms. The SMILES string of the molecule is CCCCCC(C)(C)Cn1c(N)nc2ccc(OC)cc21. The van der Waals surface area contributed by atoms with E-state index >= 15 is 0 Å². The molecule has 0 radical (unpaired) electrons. The van der Waals surface area contributed by atoms with Crippen LogP contribution in [-0.4, -0.2) is 16.7 Å². The molecule has 0 bridgehead atoms. The van der Waals surface area contributed by atoms with E-state index in [1.54, 1.807) is 7.11 Å². The zero-order valence-corrected chi connectivity index (χ0v) is 13.6. The average molecular weight is 289 g/mol. The number of nitrogens with two attached hydrogens (primary N) is 1. The van der Waals surface area contributed by atoms with E-state index in [2.05, 4.69) is 30.3 Å². The molecular formula is C17H27N3O. The van der Waals surface area contributed by atoms with E-state index in [0.29, 0.717) is 5.95 Å². The van der Waals surface area contributed by atoms with Gasteiger partial charge in [0.2, 0.25) is 5.95 Å². The van der Waals surface area contributed by atoms with Crippen LogP contribution in [0.25, 0.3) is 11.0 Å². The Kier molecular flexibility index (Phi) is 4.76. The summed E-state index contributed by atoms with van der Waals surface area (Å²) in [5.41, 5.74) is 8.31. The van der Waals surface area contributed by atoms with Gasteiger partial charge in [-0.2, -0.15) is 0 Å². The first-order valence-electron chi connectivity index (χ1n) is 7.76. The van der Waals surface area contributed by atoms with Crippen LogP contribution in [-0.2, 0) is 6.54 Å². The van der Waals surface area contributed by atoms with Gasteiger partial charge in [0.05, 0.1) is 18.1 Å². The summed E-state index contributed by atoms with van der Waals surface area (Å²) in [5, 5.41) is 0. The number of ether oxygens (including phenoxy) is 1. The van der Waals surface area contributed by atoms with Crippen LogP contribution >= 0.6 is 0 Å². The monoisotopic (exact) mass is 289 g/mol. The summed E-state index contributed by atoms with van der Waals surface area (Å²) in [7, 11) is 1.68. The number of anilines is 1. The number of methoxy groups -OCH3 is 1. The lowest BCUT2D eigenvalue weighted by atomic mass is 9.86. The van der Waals surface area contributed by atoms with Crippen molar-refractivity contribution >= 4 is 17.0 Å². The number of hydrogen-bond donors (Lipinski definition) is 1. The smallest absolute Gasteiger partial charge is 0.201 e. The zero-order valence-electron chi connectivity index (χ0n) is 13.6. The van der Waals surface area contributed by atoms with Crippen LogP contribution < -0.4 is 10.5 Å². The number of hydrogen-bond acceptors (Lipinski definition) is 3. The Morgan fingerprint density at radius 3 is 2.71 bits per heavy atom. The normalized spacial score (nSPS) is 12.0. The van der Waals surface area contributed by atoms with Gasteiger partial charge in [-0.25, -0.2) is 4.98 Å². The number of nitrogen functional groups attached to an aromatic ring is 1. The molecule has 0 atom stereocenters. The Balaban J connectivity index is 2.26. The lowest BCUT2D eigenvalue weighted by Gasteiger charge is -2.26. The molecule has 1 heterocycles. The molecule has 0 amide bonds. The van der Waals surface area contributed by atoms with Gasteiger partial charge in [0.25, 0.3) is 0 Å². The van der Waals surface area contributed by atoms with Crippen LogP contribution in [0, 0.1) is 5.41 Å². The minimum atomic E-state index is 0.208. The van der Waals surface area contributed by atoms with Crippen molar-refractivity contribution in [3.05, 3.63) is 18.2 Å². The number of aromatic nitrogens is 2. The molecule has 2 N–H and O–H groups in total. The Labute approximate surface area is 127 Å². The molecule has 2 aromatic rings. The van der Waals surface area contributed by atoms with Crippen LogP contribution in [0.5, 0.6) is 5.75 Å². The van der Waals surface area contributed by atoms with Gasteiger partial charge in [-0.3, -0.25) is 0 Å². The van der Waals surface area contributed by atoms with Gasteiger partial charge in [-0.05, 0) is 24.0 Å². The number of fused-ring (bicyclic) bond motifs is 1. The second-order valence-corrected chi connectivity index (χ2v) is 6.53. The molecule has 0 saturated heterocycles. The van der Waals surface area contributed by atoms with Crippen molar-refractivity contribution in [1.29, 1.82) is 0 Å². The maximum Gasteiger partial charge on any atom is 0.201 e. The molecule has 2 rings (SSSR count). The molecule has 116 valence electrons. The summed E-state index contributed by atoms with van der Waals surface area (Å²) in [4.78, 5) is 4.45. The van der Waals surface area contributed by atoms with E-state index in [4.69, 9.17) is 10.5 Å². The summed E-state index contributed by atoms with van der Waals surface area (Å²) in [6.45, 7) is 7.72. The molecule has 0 spiro atoms. The van der Waals surface area contributed by atoms with E-state index in [-0.39, 0.29) is 5.41 Å². The Bertz CT molecular complexity index is 601. The minimum Gasteiger partial charge on any atom is -0.497 e. The molecule has 0 aliphatic rings. The highest BCUT2D eigenvalue weighted by Gasteiger charge is 2.21. The fourth-order valence-corrected chi connectivity index (χ4v) is 2.77. The summed E-state index contributed by atoms with van der Waals surface area (Å²) in [6, 6.07) is 5.90. The molecule has 4 nitrogen and oxygen atoms in total. The first-order valence-corrected chi connectivity index (χ1v) is 7.76. The van der Waals surface area contributed by atoms with Gasteiger partial charge in [0, 0.05) is 12.6 Å². The number of unbranched alkanes of at least 4 members (excludes halogenated alkanes) is 2. The highest BCUT2D eigenvalue weighted by Crippen LogP contribution is 2.30. The summed E-state index contributed by atoms with van der Waals surface area (Å²) in [6.07, 6.45) is 5.00. The van der Waals surface area contributed by atoms with E-state index < -0.39 is 0 Å². The molecule has 4 heteroatoms. The van der Waals surface area contributed by atoms with Crippen LogP contribution in [0.2, 0.25) is 0 Å². The predicted octanol–water partition coefficient (Wildman–Crippen LogP) is 4.23. The number of imidazole rings is 1. The first kappa shape index (κ1) is 15.7. The minimum absolute atomic E-state index is 0.208. The van der Waals surface area contributed by atoms with E-state index in [1.807, 2.05) is 18.2 Å². The Hall–Kier alpha value is -1.71. The van der Waals surface area contributed by atoms with Crippen molar-refractivity contribution < 1.29 is 4.74 Å². The van der Waals surface area contributed by atoms with Gasteiger partial charge in [0.15, 0.2) is 0 Å². The molecule has 1 aromatic heterocycles. The predicted molar refractivity (Wildman–Crippen MR) is 88.6 cm³/mol. The largest absolute Gasteiger partial charge is 0.497 e. The average Bonchev–Trinajstić information content (AvgIpc) is 2.74. The van der Waals surface area contributed by atoms with Crippen LogP contribution in [0.4, 0.5) is 5.95 Å². The second-order valence-electron chi connectivity index (χ2n) is 6.53. The summed E-state index contributed by atoms with van der Waals surface area (Å²) < 4.78 is 7.43. The molecule has 0 saturated carbocycles. The fourth-order valence-electron chi connectivity index (χ4n) is 2.77. The fraction of sp³-hybridized carbons (Fsp3) is 0.588. The van der Waals surface area contributed by atoms with Crippen molar-refractivity contribution in [2.24, 2.45) is 5.41 Å². The van der Waals surface area contributed by atoms with Gasteiger partial charge in [-0.15, -0.1) is 0 Å². The summed E-state index contributed by atoms with van der Waals surface area (Å²) >= 11 is 0.